The van der Waals surface area contributed by atoms with Crippen LogP contribution in [0.5, 0.6) is 0 Å². The summed E-state index contributed by atoms with van der Waals surface area (Å²) in [5.41, 5.74) is 2.62. The Kier molecular flexibility index (Phi) is 7.62. The van der Waals surface area contributed by atoms with E-state index in [4.69, 9.17) is 21.4 Å². The van der Waals surface area contributed by atoms with Crippen LogP contribution >= 0.6 is 22.9 Å². The number of nitrogens with zero attached hydrogens (tertiary/aromatic N) is 6. The van der Waals surface area contributed by atoms with E-state index in [0.29, 0.717) is 33.2 Å². The number of hydroxylamine groups is 1. The van der Waals surface area contributed by atoms with Crippen LogP contribution in [-0.4, -0.2) is 73.9 Å². The van der Waals surface area contributed by atoms with Gasteiger partial charge in [-0.2, -0.15) is 18.2 Å². The monoisotopic (exact) mass is 606 g/mol. The molecular weight excluding hydrogens is 581 g/mol. The van der Waals surface area contributed by atoms with Crippen LogP contribution in [0.1, 0.15) is 9.67 Å². The summed E-state index contributed by atoms with van der Waals surface area (Å²) < 4.78 is 41.6. The molecule has 2 aromatic heterocycles. The van der Waals surface area contributed by atoms with E-state index in [0.717, 1.165) is 34.4 Å². The average Bonchev–Trinajstić information content (AvgIpc) is 3.51. The number of likely N-dealkylation sites (N-methyl/N-ethyl adjacent to an activating group) is 1. The SMILES string of the molecule is CN(C)CCn1c(N(C)C)nc2cc(N3CN(OC(=O)C(F)(F)F)c4cc(-c5ccc(Cl)cc5)sc4C3=O)ccc21. The Labute approximate surface area is 242 Å². The summed E-state index contributed by atoms with van der Waals surface area (Å²) in [5.74, 6) is -2.11. The summed E-state index contributed by atoms with van der Waals surface area (Å²) in [5, 5.41) is 1.31. The molecule has 0 fully saturated rings. The van der Waals surface area contributed by atoms with E-state index in [2.05, 4.69) is 9.47 Å². The Balaban J connectivity index is 1.56. The Bertz CT molecular complexity index is 1620. The fraction of sp³-hybridized carbons (Fsp3) is 0.296. The summed E-state index contributed by atoms with van der Waals surface area (Å²) in [6.07, 6.45) is -5.22. The predicted octanol–water partition coefficient (Wildman–Crippen LogP) is 5.49. The lowest BCUT2D eigenvalue weighted by atomic mass is 10.1. The highest BCUT2D eigenvalue weighted by Crippen LogP contribution is 2.42. The molecule has 0 atom stereocenters. The number of fused-ring (bicyclic) bond motifs is 2. The van der Waals surface area contributed by atoms with Crippen LogP contribution < -0.4 is 14.9 Å². The fourth-order valence-electron chi connectivity index (χ4n) is 4.43. The Hall–Kier alpha value is -3.81. The molecule has 216 valence electrons. The number of aromatic nitrogens is 2. The summed E-state index contributed by atoms with van der Waals surface area (Å²) in [6, 6.07) is 13.6. The van der Waals surface area contributed by atoms with E-state index >= 15 is 0 Å². The molecule has 9 nitrogen and oxygen atoms in total. The van der Waals surface area contributed by atoms with Crippen molar-refractivity contribution in [3.63, 3.8) is 0 Å². The van der Waals surface area contributed by atoms with Gasteiger partial charge < -0.3 is 19.2 Å². The summed E-state index contributed by atoms with van der Waals surface area (Å²) in [6.45, 7) is 0.999. The second-order valence-electron chi connectivity index (χ2n) is 9.90. The third kappa shape index (κ3) is 5.69. The maximum Gasteiger partial charge on any atom is 0.493 e. The van der Waals surface area contributed by atoms with Crippen molar-refractivity contribution in [2.75, 3.05) is 56.3 Å². The van der Waals surface area contributed by atoms with Gasteiger partial charge in [0.25, 0.3) is 5.91 Å². The van der Waals surface area contributed by atoms with Gasteiger partial charge in [-0.05, 0) is 56.1 Å². The van der Waals surface area contributed by atoms with Crippen LogP contribution in [0.25, 0.3) is 21.5 Å². The van der Waals surface area contributed by atoms with Crippen molar-refractivity contribution in [2.24, 2.45) is 0 Å². The molecular formula is C27H26ClF3N6O3S. The first kappa shape index (κ1) is 28.7. The van der Waals surface area contributed by atoms with Crippen molar-refractivity contribution in [3.05, 3.63) is 58.4 Å². The van der Waals surface area contributed by atoms with Gasteiger partial charge in [0.15, 0.2) is 0 Å². The maximum atomic E-state index is 13.7. The Morgan fingerprint density at radius 2 is 1.80 bits per heavy atom. The highest BCUT2D eigenvalue weighted by Gasteiger charge is 2.45. The zero-order valence-corrected chi connectivity index (χ0v) is 24.1. The third-order valence-corrected chi connectivity index (χ3v) is 7.85. The minimum atomic E-state index is -5.22. The molecule has 1 aliphatic heterocycles. The van der Waals surface area contributed by atoms with Gasteiger partial charge in [0.2, 0.25) is 5.95 Å². The van der Waals surface area contributed by atoms with Gasteiger partial charge in [0, 0.05) is 42.8 Å². The van der Waals surface area contributed by atoms with Gasteiger partial charge in [0.1, 0.15) is 17.2 Å². The fourth-order valence-corrected chi connectivity index (χ4v) is 5.66. The molecule has 14 heteroatoms. The molecule has 0 bridgehead atoms. The molecule has 0 radical (unpaired) electrons. The molecule has 1 aliphatic rings. The van der Waals surface area contributed by atoms with Gasteiger partial charge in [0.05, 0.1) is 11.0 Å². The molecule has 1 amide bonds. The van der Waals surface area contributed by atoms with Crippen LogP contribution in [0.2, 0.25) is 5.02 Å². The van der Waals surface area contributed by atoms with Crippen molar-refractivity contribution in [1.29, 1.82) is 0 Å². The van der Waals surface area contributed by atoms with E-state index in [9.17, 15) is 22.8 Å². The van der Waals surface area contributed by atoms with Gasteiger partial charge >= 0.3 is 12.1 Å². The number of thiophene rings is 1. The first-order valence-corrected chi connectivity index (χ1v) is 13.6. The first-order valence-electron chi connectivity index (χ1n) is 12.4. The minimum Gasteiger partial charge on any atom is -0.348 e. The minimum absolute atomic E-state index is 0.0720. The van der Waals surface area contributed by atoms with Crippen molar-refractivity contribution >= 4 is 63.2 Å². The smallest absolute Gasteiger partial charge is 0.348 e. The molecule has 5 rings (SSSR count). The Morgan fingerprint density at radius 3 is 2.44 bits per heavy atom. The van der Waals surface area contributed by atoms with E-state index in [1.807, 2.05) is 39.2 Å². The zero-order valence-electron chi connectivity index (χ0n) is 22.6. The number of anilines is 3. The topological polar surface area (TPSA) is 74.2 Å². The highest BCUT2D eigenvalue weighted by molar-refractivity contribution is 7.18. The third-order valence-electron chi connectivity index (χ3n) is 6.44. The van der Waals surface area contributed by atoms with Crippen molar-refractivity contribution in [1.82, 2.24) is 14.5 Å². The van der Waals surface area contributed by atoms with Gasteiger partial charge in [-0.25, -0.2) is 9.78 Å². The van der Waals surface area contributed by atoms with Crippen molar-refractivity contribution in [2.45, 2.75) is 12.7 Å². The number of benzene rings is 2. The number of imidazole rings is 1. The molecule has 0 unspecified atom stereocenters. The number of amides is 1. The molecule has 0 aliphatic carbocycles. The summed E-state index contributed by atoms with van der Waals surface area (Å²) in [7, 11) is 7.71. The lowest BCUT2D eigenvalue weighted by Gasteiger charge is -2.34. The van der Waals surface area contributed by atoms with Crippen LogP contribution in [0.15, 0.2) is 48.5 Å². The van der Waals surface area contributed by atoms with Crippen LogP contribution in [0.4, 0.5) is 30.5 Å². The number of hydrogen-bond donors (Lipinski definition) is 0. The largest absolute Gasteiger partial charge is 0.493 e. The molecule has 0 N–H and O–H groups in total. The lowest BCUT2D eigenvalue weighted by molar-refractivity contribution is -0.201. The van der Waals surface area contributed by atoms with Gasteiger partial charge in [-0.3, -0.25) is 9.69 Å². The number of carbonyl (C=O) groups is 2. The maximum absolute atomic E-state index is 13.7. The van der Waals surface area contributed by atoms with Gasteiger partial charge in [-0.15, -0.1) is 11.3 Å². The second kappa shape index (κ2) is 10.9. The first-order chi connectivity index (χ1) is 19.3. The number of alkyl halides is 3. The normalized spacial score (nSPS) is 13.7. The molecule has 3 heterocycles. The number of halogens is 4. The van der Waals surface area contributed by atoms with E-state index in [1.54, 1.807) is 36.4 Å². The van der Waals surface area contributed by atoms with E-state index < -0.39 is 24.7 Å². The van der Waals surface area contributed by atoms with Crippen LogP contribution in [-0.2, 0) is 16.2 Å². The number of hydrogen-bond acceptors (Lipinski definition) is 8. The number of rotatable bonds is 7. The lowest BCUT2D eigenvalue weighted by Crippen LogP contribution is -2.48. The molecule has 0 saturated heterocycles. The quantitative estimate of drug-likeness (QED) is 0.275. The molecule has 4 aromatic rings. The highest BCUT2D eigenvalue weighted by atomic mass is 35.5. The van der Waals surface area contributed by atoms with E-state index in [1.165, 1.54) is 11.0 Å². The zero-order chi connectivity index (χ0) is 29.6. The van der Waals surface area contributed by atoms with Crippen molar-refractivity contribution in [3.8, 4) is 10.4 Å². The molecule has 2 aromatic carbocycles. The van der Waals surface area contributed by atoms with Crippen LogP contribution in [0, 0.1) is 0 Å². The second-order valence-corrected chi connectivity index (χ2v) is 11.4. The van der Waals surface area contributed by atoms with E-state index in [-0.39, 0.29) is 10.6 Å². The van der Waals surface area contributed by atoms with Gasteiger partial charge in [-0.1, -0.05) is 23.7 Å². The molecule has 41 heavy (non-hydrogen) atoms. The van der Waals surface area contributed by atoms with Crippen LogP contribution in [0.3, 0.4) is 0 Å². The Morgan fingerprint density at radius 1 is 1.10 bits per heavy atom. The number of carbonyl (C=O) groups excluding carboxylic acids is 2. The average molecular weight is 607 g/mol. The summed E-state index contributed by atoms with van der Waals surface area (Å²) in [4.78, 5) is 41.0. The van der Waals surface area contributed by atoms with Crippen molar-refractivity contribution < 1.29 is 27.6 Å². The molecule has 0 saturated carbocycles. The molecule has 0 spiro atoms. The standard InChI is InChI=1S/C27H26ClF3N6O3S/c1-33(2)11-12-35-20-10-9-18(13-19(20)32-26(35)34(3)4)36-15-37(40-25(39)27(29,30)31)21-14-22(41-23(21)24(36)38)16-5-7-17(28)8-6-16/h5-10,13-14H,11-12,15H2,1-4H3. The predicted molar refractivity (Wildman–Crippen MR) is 154 cm³/mol. The summed E-state index contributed by atoms with van der Waals surface area (Å²) >= 11 is 7.08.